The van der Waals surface area contributed by atoms with Gasteiger partial charge in [-0.2, -0.15) is 9.97 Å². The Kier molecular flexibility index (Phi) is 8.24. The van der Waals surface area contributed by atoms with Crippen molar-refractivity contribution < 1.29 is 22.5 Å². The number of carbonyl (C=O) groups excluding carboxylic acids is 1. The van der Waals surface area contributed by atoms with Crippen molar-refractivity contribution in [1.29, 1.82) is 0 Å². The van der Waals surface area contributed by atoms with E-state index in [4.69, 9.17) is 9.88 Å². The molecule has 11 nitrogen and oxygen atoms in total. The first kappa shape index (κ1) is 26.8. The molecule has 1 amide bonds. The lowest BCUT2D eigenvalue weighted by Crippen LogP contribution is -2.33. The Morgan fingerprint density at radius 3 is 2.65 bits per heavy atom. The van der Waals surface area contributed by atoms with Gasteiger partial charge in [-0.1, -0.05) is 40.2 Å². The van der Waals surface area contributed by atoms with Crippen LogP contribution in [0.3, 0.4) is 0 Å². The number of carbonyl (C=O) groups is 1. The summed E-state index contributed by atoms with van der Waals surface area (Å²) in [6.45, 7) is -0.229. The van der Waals surface area contributed by atoms with Crippen LogP contribution in [0.1, 0.15) is 0 Å². The molecule has 0 fully saturated rings. The zero-order valence-electron chi connectivity index (χ0n) is 19.3. The first-order valence-electron chi connectivity index (χ1n) is 10.7. The molecule has 0 aliphatic heterocycles. The Labute approximate surface area is 224 Å². The number of pyridine rings is 1. The molecule has 0 spiro atoms. The second-order valence-corrected chi connectivity index (χ2v) is 11.7. The zero-order valence-corrected chi connectivity index (χ0v) is 22.6. The molecule has 4 N–H and O–H groups in total. The molecule has 2 aromatic carbocycles. The van der Waals surface area contributed by atoms with Crippen LogP contribution in [0.4, 0.5) is 16.4 Å². The Balaban J connectivity index is 1.68. The van der Waals surface area contributed by atoms with E-state index in [1.807, 2.05) is 24.3 Å². The summed E-state index contributed by atoms with van der Waals surface area (Å²) in [5.74, 6) is -0.254. The van der Waals surface area contributed by atoms with Crippen LogP contribution < -0.4 is 20.5 Å². The number of fused-ring (bicyclic) bond motifs is 1. The van der Waals surface area contributed by atoms with Crippen molar-refractivity contribution in [1.82, 2.24) is 20.3 Å². The minimum Gasteiger partial charge on any atom is -0.612 e. The third kappa shape index (κ3) is 7.14. The summed E-state index contributed by atoms with van der Waals surface area (Å²) in [5, 5.41) is 11.0. The lowest BCUT2D eigenvalue weighted by molar-refractivity contribution is 0.199. The Morgan fingerprint density at radius 2 is 1.92 bits per heavy atom. The van der Waals surface area contributed by atoms with Crippen LogP contribution in [0.25, 0.3) is 22.2 Å². The standard InChI is InChI=1S/C23H21BrN6O5S2/c1-36(32)16-6-4-5-15(12-16)28-22-27-13-14-11-18(17-7-2-3-8-19(17)24)21(29-20(14)30-22)35-23(31)26-9-10-37(25,33)34/h2-8,11-13H,9-10H2,1H3,(H,26,31)(H2,25,33,34)(H,27,28,29,30). The third-order valence-corrected chi connectivity index (χ3v) is 7.35. The average Bonchev–Trinajstić information content (AvgIpc) is 2.83. The van der Waals surface area contributed by atoms with E-state index < -0.39 is 33.0 Å². The van der Waals surface area contributed by atoms with Crippen molar-refractivity contribution in [2.75, 3.05) is 23.9 Å². The average molecular weight is 605 g/mol. The highest BCUT2D eigenvalue weighted by molar-refractivity contribution is 9.10. The van der Waals surface area contributed by atoms with Crippen LogP contribution >= 0.6 is 15.9 Å². The number of benzene rings is 2. The Hall–Kier alpha value is -3.30. The number of sulfonamides is 1. The number of amides is 1. The minimum absolute atomic E-state index is 0.0412. The number of hydrogen-bond donors (Lipinski definition) is 3. The molecule has 14 heteroatoms. The molecule has 0 saturated heterocycles. The number of rotatable bonds is 8. The van der Waals surface area contributed by atoms with Crippen molar-refractivity contribution in [3.8, 4) is 17.0 Å². The summed E-state index contributed by atoms with van der Waals surface area (Å²) in [4.78, 5) is 26.3. The number of ether oxygens (including phenoxy) is 1. The predicted octanol–water partition coefficient (Wildman–Crippen LogP) is 3.31. The summed E-state index contributed by atoms with van der Waals surface area (Å²) in [6, 6.07) is 16.1. The predicted molar refractivity (Wildman–Crippen MR) is 145 cm³/mol. The van der Waals surface area contributed by atoms with Gasteiger partial charge in [0.25, 0.3) is 0 Å². The highest BCUT2D eigenvalue weighted by Crippen LogP contribution is 2.36. The maximum atomic E-state index is 12.4. The summed E-state index contributed by atoms with van der Waals surface area (Å²) >= 11 is 2.35. The number of anilines is 2. The fourth-order valence-corrected chi connectivity index (χ4v) is 4.71. The van der Waals surface area contributed by atoms with Gasteiger partial charge in [-0.05, 0) is 35.4 Å². The normalized spacial score (nSPS) is 12.2. The van der Waals surface area contributed by atoms with Gasteiger partial charge in [-0.15, -0.1) is 0 Å². The molecule has 37 heavy (non-hydrogen) atoms. The number of nitrogens with zero attached hydrogens (tertiary/aromatic N) is 3. The van der Waals surface area contributed by atoms with E-state index in [1.54, 1.807) is 42.8 Å². The van der Waals surface area contributed by atoms with Gasteiger partial charge in [0.15, 0.2) is 10.5 Å². The van der Waals surface area contributed by atoms with Gasteiger partial charge in [0.2, 0.25) is 21.9 Å². The topological polar surface area (TPSA) is 172 Å². The van der Waals surface area contributed by atoms with Gasteiger partial charge in [0.05, 0.1) is 5.75 Å². The molecule has 2 aromatic heterocycles. The fourth-order valence-electron chi connectivity index (χ4n) is 3.26. The largest absolute Gasteiger partial charge is 0.612 e. The molecule has 4 aromatic rings. The molecule has 2 heterocycles. The highest BCUT2D eigenvalue weighted by Gasteiger charge is 2.18. The highest BCUT2D eigenvalue weighted by atomic mass is 79.9. The van der Waals surface area contributed by atoms with E-state index in [9.17, 15) is 17.8 Å². The summed E-state index contributed by atoms with van der Waals surface area (Å²) in [6.07, 6.45) is 2.27. The number of nitrogens with two attached hydrogens (primary N) is 1. The summed E-state index contributed by atoms with van der Waals surface area (Å²) in [7, 11) is -3.75. The molecule has 0 aliphatic carbocycles. The van der Waals surface area contributed by atoms with Crippen LogP contribution in [-0.4, -0.2) is 52.6 Å². The molecule has 0 aliphatic rings. The first-order chi connectivity index (χ1) is 17.6. The molecule has 192 valence electrons. The second-order valence-electron chi connectivity index (χ2n) is 7.72. The van der Waals surface area contributed by atoms with Crippen LogP contribution in [0.2, 0.25) is 0 Å². The van der Waals surface area contributed by atoms with Gasteiger partial charge >= 0.3 is 6.09 Å². The molecule has 1 atom stereocenters. The van der Waals surface area contributed by atoms with Crippen LogP contribution in [-0.2, 0) is 21.2 Å². The zero-order chi connectivity index (χ0) is 26.6. The van der Waals surface area contributed by atoms with Gasteiger partial charge in [-0.25, -0.2) is 23.3 Å². The second kappa shape index (κ2) is 11.4. The lowest BCUT2D eigenvalue weighted by Gasteiger charge is -2.13. The van der Waals surface area contributed by atoms with E-state index in [0.717, 1.165) is 4.47 Å². The van der Waals surface area contributed by atoms with Crippen molar-refractivity contribution in [2.24, 2.45) is 5.14 Å². The van der Waals surface area contributed by atoms with Gasteiger partial charge < -0.3 is 19.9 Å². The Bertz CT molecular complexity index is 1570. The quantitative estimate of drug-likeness (QED) is 0.255. The SMILES string of the molecule is C[S+]([O-])c1cccc(Nc2ncc3cc(-c4ccccc4Br)c(OC(=O)NCCS(N)(=O)=O)nc3n2)c1. The maximum Gasteiger partial charge on any atom is 0.413 e. The van der Waals surface area contributed by atoms with E-state index in [2.05, 4.69) is 41.5 Å². The maximum absolute atomic E-state index is 12.4. The Morgan fingerprint density at radius 1 is 1.14 bits per heavy atom. The smallest absolute Gasteiger partial charge is 0.413 e. The van der Waals surface area contributed by atoms with Crippen molar-refractivity contribution >= 4 is 65.9 Å². The monoisotopic (exact) mass is 604 g/mol. The van der Waals surface area contributed by atoms with Crippen molar-refractivity contribution in [3.05, 3.63) is 65.3 Å². The number of hydrogen-bond acceptors (Lipinski definition) is 9. The van der Waals surface area contributed by atoms with E-state index in [-0.39, 0.29) is 24.0 Å². The van der Waals surface area contributed by atoms with Crippen molar-refractivity contribution in [3.63, 3.8) is 0 Å². The number of primary sulfonamides is 1. The van der Waals surface area contributed by atoms with E-state index in [1.165, 1.54) is 0 Å². The minimum atomic E-state index is -3.75. The van der Waals surface area contributed by atoms with E-state index in [0.29, 0.717) is 27.1 Å². The number of halogens is 1. The molecule has 0 radical (unpaired) electrons. The lowest BCUT2D eigenvalue weighted by atomic mass is 10.1. The van der Waals surface area contributed by atoms with Gasteiger partial charge in [0.1, 0.15) is 6.26 Å². The van der Waals surface area contributed by atoms with Gasteiger partial charge in [-0.3, -0.25) is 0 Å². The van der Waals surface area contributed by atoms with Crippen LogP contribution in [0.15, 0.2) is 70.2 Å². The number of aromatic nitrogens is 3. The molecular weight excluding hydrogens is 584 g/mol. The molecule has 1 unspecified atom stereocenters. The summed E-state index contributed by atoms with van der Waals surface area (Å²) in [5.41, 5.74) is 2.08. The first-order valence-corrected chi connectivity index (χ1v) is 14.7. The van der Waals surface area contributed by atoms with Crippen LogP contribution in [0.5, 0.6) is 5.88 Å². The number of nitrogens with one attached hydrogen (secondary N) is 2. The van der Waals surface area contributed by atoms with Crippen LogP contribution in [0, 0.1) is 0 Å². The molecular formula is C23H21BrN6O5S2. The van der Waals surface area contributed by atoms with Crippen molar-refractivity contribution in [2.45, 2.75) is 4.90 Å². The third-order valence-electron chi connectivity index (χ3n) is 4.97. The summed E-state index contributed by atoms with van der Waals surface area (Å²) < 4.78 is 40.3. The molecule has 4 rings (SSSR count). The van der Waals surface area contributed by atoms with Gasteiger partial charge in [0, 0.05) is 45.5 Å². The molecule has 0 bridgehead atoms. The fraction of sp³-hybridized carbons (Fsp3) is 0.130. The molecule has 0 saturated carbocycles. The van der Waals surface area contributed by atoms with E-state index >= 15 is 0 Å².